The van der Waals surface area contributed by atoms with Crippen LogP contribution >= 0.6 is 0 Å². The normalized spacial score (nSPS) is 10.2. The van der Waals surface area contributed by atoms with Gasteiger partial charge in [0.25, 0.3) is 0 Å². The van der Waals surface area contributed by atoms with Crippen molar-refractivity contribution in [3.63, 3.8) is 0 Å². The van der Waals surface area contributed by atoms with Gasteiger partial charge in [-0.1, -0.05) is 12.1 Å². The summed E-state index contributed by atoms with van der Waals surface area (Å²) in [7, 11) is 1.79. The number of hydrogen-bond donors (Lipinski definition) is 1. The van der Waals surface area contributed by atoms with Gasteiger partial charge in [-0.25, -0.2) is 0 Å². The van der Waals surface area contributed by atoms with Gasteiger partial charge in [-0.15, -0.1) is 0 Å². The first-order valence-corrected chi connectivity index (χ1v) is 5.63. The van der Waals surface area contributed by atoms with Crippen molar-refractivity contribution in [3.05, 3.63) is 29.3 Å². The van der Waals surface area contributed by atoms with Gasteiger partial charge < -0.3 is 10.2 Å². The molecular weight excluding hydrogens is 200 g/mol. The Balaban J connectivity index is 3.04. The fraction of sp³-hybridized carbons (Fsp3) is 0.462. The molecule has 88 valence electrons. The molecule has 0 radical (unpaired) electrons. The van der Waals surface area contributed by atoms with E-state index >= 15 is 0 Å². The largest absolute Gasteiger partial charge is 0.311 e. The Morgan fingerprint density at radius 1 is 1.38 bits per heavy atom. The van der Waals surface area contributed by atoms with Crippen LogP contribution in [-0.4, -0.2) is 26.0 Å². The highest BCUT2D eigenvalue weighted by molar-refractivity contribution is 5.95. The molecule has 0 heterocycles. The van der Waals surface area contributed by atoms with Crippen LogP contribution in [0.15, 0.2) is 18.2 Å². The van der Waals surface area contributed by atoms with Gasteiger partial charge in [0.05, 0.1) is 6.54 Å². The Bertz CT molecular complexity index is 374. The zero-order chi connectivity index (χ0) is 12.1. The first-order chi connectivity index (χ1) is 7.61. The van der Waals surface area contributed by atoms with Crippen LogP contribution < -0.4 is 10.2 Å². The van der Waals surface area contributed by atoms with Gasteiger partial charge >= 0.3 is 0 Å². The highest BCUT2D eigenvalue weighted by atomic mass is 16.2. The number of nitrogens with zero attached hydrogens (tertiary/aromatic N) is 1. The smallest absolute Gasteiger partial charge is 0.240 e. The van der Waals surface area contributed by atoms with Crippen LogP contribution in [0.5, 0.6) is 0 Å². The minimum absolute atomic E-state index is 0.110. The van der Waals surface area contributed by atoms with Gasteiger partial charge in [-0.3, -0.25) is 4.79 Å². The summed E-state index contributed by atoms with van der Waals surface area (Å²) in [5.41, 5.74) is 3.41. The number of amides is 1. The fourth-order valence-electron chi connectivity index (χ4n) is 1.76. The minimum Gasteiger partial charge on any atom is -0.311 e. The molecule has 0 spiro atoms. The summed E-state index contributed by atoms with van der Waals surface area (Å²) >= 11 is 0. The predicted octanol–water partition coefficient (Wildman–Crippen LogP) is 1.88. The maximum atomic E-state index is 11.9. The SMILES string of the molecule is CCN(C(=O)CNC)c1cccc(C)c1C. The van der Waals surface area contributed by atoms with E-state index in [1.165, 1.54) is 11.1 Å². The molecule has 3 nitrogen and oxygen atoms in total. The van der Waals surface area contributed by atoms with Crippen molar-refractivity contribution in [1.29, 1.82) is 0 Å². The highest BCUT2D eigenvalue weighted by Gasteiger charge is 2.15. The summed E-state index contributed by atoms with van der Waals surface area (Å²) in [5, 5.41) is 2.89. The Morgan fingerprint density at radius 3 is 2.62 bits per heavy atom. The number of benzene rings is 1. The first-order valence-electron chi connectivity index (χ1n) is 5.63. The van der Waals surface area contributed by atoms with Gasteiger partial charge in [0, 0.05) is 12.2 Å². The number of anilines is 1. The molecule has 0 bridgehead atoms. The summed E-state index contributed by atoms with van der Waals surface area (Å²) in [6, 6.07) is 6.06. The Kier molecular flexibility index (Phi) is 4.50. The molecule has 1 rings (SSSR count). The summed E-state index contributed by atoms with van der Waals surface area (Å²) in [6.45, 7) is 7.19. The van der Waals surface area contributed by atoms with E-state index < -0.39 is 0 Å². The third-order valence-electron chi connectivity index (χ3n) is 2.81. The molecule has 0 fully saturated rings. The van der Waals surface area contributed by atoms with Gasteiger partial charge in [-0.2, -0.15) is 0 Å². The third kappa shape index (κ3) is 2.61. The lowest BCUT2D eigenvalue weighted by Gasteiger charge is -2.23. The second-order valence-corrected chi connectivity index (χ2v) is 3.89. The number of likely N-dealkylation sites (N-methyl/N-ethyl adjacent to an activating group) is 2. The molecule has 0 aliphatic rings. The maximum absolute atomic E-state index is 11.9. The monoisotopic (exact) mass is 220 g/mol. The molecule has 0 aromatic heterocycles. The van der Waals surface area contributed by atoms with Crippen LogP contribution in [0.25, 0.3) is 0 Å². The number of hydrogen-bond acceptors (Lipinski definition) is 2. The standard InChI is InChI=1S/C13H20N2O/c1-5-15(13(16)9-14-4)12-8-6-7-10(2)11(12)3/h6-8,14H,5,9H2,1-4H3. The van der Waals surface area contributed by atoms with Crippen LogP contribution in [0, 0.1) is 13.8 Å². The molecular formula is C13H20N2O. The number of carbonyl (C=O) groups is 1. The van der Waals surface area contributed by atoms with Crippen molar-refractivity contribution in [2.45, 2.75) is 20.8 Å². The highest BCUT2D eigenvalue weighted by Crippen LogP contribution is 2.22. The summed E-state index contributed by atoms with van der Waals surface area (Å²) in [6.07, 6.45) is 0. The minimum atomic E-state index is 0.110. The van der Waals surface area contributed by atoms with Crippen molar-refractivity contribution in [1.82, 2.24) is 5.32 Å². The fourth-order valence-corrected chi connectivity index (χ4v) is 1.76. The molecule has 16 heavy (non-hydrogen) atoms. The van der Waals surface area contributed by atoms with Gasteiger partial charge in [-0.05, 0) is 45.0 Å². The van der Waals surface area contributed by atoms with Crippen LogP contribution in [0.2, 0.25) is 0 Å². The zero-order valence-electron chi connectivity index (χ0n) is 10.5. The first kappa shape index (κ1) is 12.7. The van der Waals surface area contributed by atoms with E-state index in [9.17, 15) is 4.79 Å². The number of nitrogens with one attached hydrogen (secondary N) is 1. The summed E-state index contributed by atoms with van der Waals surface area (Å²) < 4.78 is 0. The second kappa shape index (κ2) is 5.66. The van der Waals surface area contributed by atoms with Crippen molar-refractivity contribution < 1.29 is 4.79 Å². The van der Waals surface area contributed by atoms with Gasteiger partial charge in [0.2, 0.25) is 5.91 Å². The topological polar surface area (TPSA) is 32.3 Å². The number of aryl methyl sites for hydroxylation is 1. The average molecular weight is 220 g/mol. The van der Waals surface area contributed by atoms with Crippen molar-refractivity contribution in [3.8, 4) is 0 Å². The second-order valence-electron chi connectivity index (χ2n) is 3.89. The van der Waals surface area contributed by atoms with E-state index in [2.05, 4.69) is 25.2 Å². The van der Waals surface area contributed by atoms with E-state index in [0.717, 1.165) is 5.69 Å². The van der Waals surface area contributed by atoms with Crippen molar-refractivity contribution >= 4 is 11.6 Å². The lowest BCUT2D eigenvalue weighted by atomic mass is 10.1. The van der Waals surface area contributed by atoms with Gasteiger partial charge in [0.1, 0.15) is 0 Å². The molecule has 0 atom stereocenters. The number of carbonyl (C=O) groups excluding carboxylic acids is 1. The predicted molar refractivity (Wildman–Crippen MR) is 67.9 cm³/mol. The summed E-state index contributed by atoms with van der Waals surface area (Å²) in [4.78, 5) is 13.7. The summed E-state index contributed by atoms with van der Waals surface area (Å²) in [5.74, 6) is 0.110. The zero-order valence-corrected chi connectivity index (χ0v) is 10.5. The van der Waals surface area contributed by atoms with Crippen molar-refractivity contribution in [2.24, 2.45) is 0 Å². The molecule has 0 aliphatic carbocycles. The Morgan fingerprint density at radius 2 is 2.06 bits per heavy atom. The maximum Gasteiger partial charge on any atom is 0.240 e. The molecule has 1 aromatic carbocycles. The van der Waals surface area contributed by atoms with Crippen LogP contribution in [0.3, 0.4) is 0 Å². The van der Waals surface area contributed by atoms with Crippen LogP contribution in [-0.2, 0) is 4.79 Å². The average Bonchev–Trinajstić information content (AvgIpc) is 2.25. The van der Waals surface area contributed by atoms with Crippen LogP contribution in [0.4, 0.5) is 5.69 Å². The van der Waals surface area contributed by atoms with E-state index in [1.54, 1.807) is 7.05 Å². The quantitative estimate of drug-likeness (QED) is 0.840. The lowest BCUT2D eigenvalue weighted by Crippen LogP contribution is -2.37. The Labute approximate surface area is 97.5 Å². The Hall–Kier alpha value is -1.35. The van der Waals surface area contributed by atoms with E-state index in [0.29, 0.717) is 13.1 Å². The molecule has 1 N–H and O–H groups in total. The molecule has 0 saturated heterocycles. The lowest BCUT2D eigenvalue weighted by molar-refractivity contribution is -0.117. The molecule has 1 aromatic rings. The molecule has 0 saturated carbocycles. The van der Waals surface area contributed by atoms with Crippen LogP contribution in [0.1, 0.15) is 18.1 Å². The molecule has 0 aliphatic heterocycles. The van der Waals surface area contributed by atoms with E-state index in [1.807, 2.05) is 24.0 Å². The van der Waals surface area contributed by atoms with E-state index in [-0.39, 0.29) is 5.91 Å². The molecule has 0 unspecified atom stereocenters. The third-order valence-corrected chi connectivity index (χ3v) is 2.81. The molecule has 3 heteroatoms. The number of rotatable bonds is 4. The molecule has 1 amide bonds. The van der Waals surface area contributed by atoms with Crippen molar-refractivity contribution in [2.75, 3.05) is 25.0 Å². The van der Waals surface area contributed by atoms with E-state index in [4.69, 9.17) is 0 Å². The van der Waals surface area contributed by atoms with Gasteiger partial charge in [0.15, 0.2) is 0 Å².